The maximum atomic E-state index is 12.7. The maximum Gasteiger partial charge on any atom is 0.307 e. The summed E-state index contributed by atoms with van der Waals surface area (Å²) in [5.74, 6) is -0.946. The molecule has 1 unspecified atom stereocenters. The number of amides is 2. The first-order chi connectivity index (χ1) is 19.7. The third-order valence-electron chi connectivity index (χ3n) is 7.85. The molecule has 0 saturated carbocycles. The molecule has 1 aliphatic rings. The summed E-state index contributed by atoms with van der Waals surface area (Å²) in [4.78, 5) is 38.7. The lowest BCUT2D eigenvalue weighted by Gasteiger charge is -2.27. The van der Waals surface area contributed by atoms with Crippen LogP contribution in [0.4, 0.5) is 0 Å². The van der Waals surface area contributed by atoms with E-state index in [0.717, 1.165) is 38.5 Å². The van der Waals surface area contributed by atoms with Crippen molar-refractivity contribution >= 4 is 17.8 Å². The summed E-state index contributed by atoms with van der Waals surface area (Å²) < 4.78 is 5.39. The summed E-state index contributed by atoms with van der Waals surface area (Å²) in [6.45, 7) is 6.10. The number of unbranched alkanes of at least 4 members (excludes halogenated alkanes) is 11. The zero-order chi connectivity index (χ0) is 30.3. The highest BCUT2D eigenvalue weighted by Crippen LogP contribution is 2.21. The van der Waals surface area contributed by atoms with E-state index >= 15 is 0 Å². The SMILES string of the molecule is CCCCCCCC/C=C\CCCCCCCC(=O)N1CCC[C@H]1COC(=O)CCNNC(=O)C(O)C(C)(C)CO. The topological polar surface area (TPSA) is 128 Å². The number of nitrogens with one attached hydrogen (secondary N) is 2. The highest BCUT2D eigenvalue weighted by atomic mass is 16.5. The van der Waals surface area contributed by atoms with Gasteiger partial charge in [0.1, 0.15) is 12.7 Å². The molecule has 4 N–H and O–H groups in total. The summed E-state index contributed by atoms with van der Waals surface area (Å²) in [7, 11) is 0. The summed E-state index contributed by atoms with van der Waals surface area (Å²) in [6, 6.07) is -0.0712. The van der Waals surface area contributed by atoms with Crippen molar-refractivity contribution in [3.8, 4) is 0 Å². The van der Waals surface area contributed by atoms with Crippen LogP contribution < -0.4 is 10.9 Å². The smallest absolute Gasteiger partial charge is 0.307 e. The Morgan fingerprint density at radius 2 is 1.56 bits per heavy atom. The second kappa shape index (κ2) is 22.6. The molecule has 238 valence electrons. The summed E-state index contributed by atoms with van der Waals surface area (Å²) >= 11 is 0. The van der Waals surface area contributed by atoms with Crippen LogP contribution in [0.5, 0.6) is 0 Å². The van der Waals surface area contributed by atoms with Crippen molar-refractivity contribution in [2.75, 3.05) is 26.3 Å². The molecule has 0 radical (unpaired) electrons. The van der Waals surface area contributed by atoms with E-state index < -0.39 is 23.4 Å². The number of hydrazine groups is 1. The Hall–Kier alpha value is -1.97. The zero-order valence-electron chi connectivity index (χ0n) is 26.1. The largest absolute Gasteiger partial charge is 0.463 e. The van der Waals surface area contributed by atoms with Gasteiger partial charge in [-0.1, -0.05) is 84.3 Å². The Morgan fingerprint density at radius 3 is 2.20 bits per heavy atom. The maximum absolute atomic E-state index is 12.7. The molecule has 1 fully saturated rings. The Kier molecular flexibility index (Phi) is 20.4. The Bertz CT molecular complexity index is 758. The number of aliphatic hydroxyl groups excluding tert-OH is 2. The van der Waals surface area contributed by atoms with Crippen LogP contribution in [0.1, 0.15) is 130 Å². The van der Waals surface area contributed by atoms with Gasteiger partial charge in [-0.05, 0) is 44.9 Å². The number of rotatable bonds is 24. The summed E-state index contributed by atoms with van der Waals surface area (Å²) in [5.41, 5.74) is 3.96. The third kappa shape index (κ3) is 16.9. The molecule has 9 heteroatoms. The van der Waals surface area contributed by atoms with Gasteiger partial charge in [0.2, 0.25) is 5.91 Å². The number of allylic oxidation sites excluding steroid dienone is 2. The van der Waals surface area contributed by atoms with Crippen LogP contribution in [0.3, 0.4) is 0 Å². The molecule has 9 nitrogen and oxygen atoms in total. The van der Waals surface area contributed by atoms with E-state index in [0.29, 0.717) is 13.0 Å². The average molecular weight is 582 g/mol. The van der Waals surface area contributed by atoms with Gasteiger partial charge in [0.15, 0.2) is 0 Å². The van der Waals surface area contributed by atoms with E-state index in [9.17, 15) is 24.6 Å². The molecule has 1 saturated heterocycles. The minimum atomic E-state index is -1.38. The van der Waals surface area contributed by atoms with Crippen LogP contribution in [0, 0.1) is 5.41 Å². The number of hydrogen-bond donors (Lipinski definition) is 4. The first kappa shape index (κ1) is 37.1. The van der Waals surface area contributed by atoms with Crippen molar-refractivity contribution in [1.29, 1.82) is 0 Å². The van der Waals surface area contributed by atoms with Crippen molar-refractivity contribution in [3.63, 3.8) is 0 Å². The second-order valence-electron chi connectivity index (χ2n) is 12.1. The summed E-state index contributed by atoms with van der Waals surface area (Å²) in [6.07, 6.45) is 21.6. The fourth-order valence-electron chi connectivity index (χ4n) is 4.91. The van der Waals surface area contributed by atoms with Gasteiger partial charge in [-0.25, -0.2) is 5.43 Å². The number of carbonyl (C=O) groups excluding carboxylic acids is 3. The van der Waals surface area contributed by atoms with Crippen molar-refractivity contribution in [1.82, 2.24) is 15.8 Å². The Balaban J connectivity index is 2.08. The number of aliphatic hydroxyl groups is 2. The van der Waals surface area contributed by atoms with Crippen molar-refractivity contribution in [3.05, 3.63) is 12.2 Å². The molecule has 0 aromatic carbocycles. The van der Waals surface area contributed by atoms with Gasteiger partial charge >= 0.3 is 5.97 Å². The fourth-order valence-corrected chi connectivity index (χ4v) is 4.91. The standard InChI is InChI=1S/C32H59N3O6/c1-4-5-6-7-8-9-10-11-12-13-14-15-16-17-18-21-28(37)35-24-19-20-27(35)25-41-29(38)22-23-33-34-31(40)30(39)32(2,3)26-36/h11-12,27,30,33,36,39H,4-10,13-26H2,1-3H3,(H,34,40)/b12-11-/t27-,30?/m0/s1. The predicted molar refractivity (Wildman–Crippen MR) is 163 cm³/mol. The molecular weight excluding hydrogens is 522 g/mol. The molecular formula is C32H59N3O6. The van der Waals surface area contributed by atoms with Gasteiger partial charge in [0.05, 0.1) is 19.1 Å². The lowest BCUT2D eigenvalue weighted by Crippen LogP contribution is -2.50. The number of esters is 1. The van der Waals surface area contributed by atoms with Gasteiger partial charge in [-0.15, -0.1) is 0 Å². The van der Waals surface area contributed by atoms with Crippen LogP contribution in [-0.4, -0.2) is 71.3 Å². The number of ether oxygens (including phenoxy) is 1. The minimum absolute atomic E-state index is 0.0371. The van der Waals surface area contributed by atoms with Crippen molar-refractivity contribution < 1.29 is 29.3 Å². The molecule has 2 amide bonds. The van der Waals surface area contributed by atoms with E-state index in [1.54, 1.807) is 13.8 Å². The van der Waals surface area contributed by atoms with Gasteiger partial charge in [0.25, 0.3) is 5.91 Å². The molecule has 0 aliphatic carbocycles. The molecule has 0 bridgehead atoms. The first-order valence-electron chi connectivity index (χ1n) is 16.1. The van der Waals surface area contributed by atoms with E-state index in [1.807, 2.05) is 4.90 Å². The molecule has 41 heavy (non-hydrogen) atoms. The van der Waals surface area contributed by atoms with E-state index in [2.05, 4.69) is 29.9 Å². The molecule has 0 aromatic rings. The Morgan fingerprint density at radius 1 is 0.951 bits per heavy atom. The lowest BCUT2D eigenvalue weighted by atomic mass is 9.87. The van der Waals surface area contributed by atoms with Crippen LogP contribution in [-0.2, 0) is 19.1 Å². The average Bonchev–Trinajstić information content (AvgIpc) is 3.44. The fraction of sp³-hybridized carbons (Fsp3) is 0.844. The molecule has 0 aromatic heterocycles. The second-order valence-corrected chi connectivity index (χ2v) is 12.1. The molecule has 1 aliphatic heterocycles. The van der Waals surface area contributed by atoms with Crippen LogP contribution >= 0.6 is 0 Å². The number of hydrogen-bond acceptors (Lipinski definition) is 7. The number of likely N-dealkylation sites (tertiary alicyclic amines) is 1. The van der Waals surface area contributed by atoms with Crippen molar-refractivity contribution in [2.45, 2.75) is 142 Å². The predicted octanol–water partition coefficient (Wildman–Crippen LogP) is 4.95. The lowest BCUT2D eigenvalue weighted by molar-refractivity contribution is -0.147. The highest BCUT2D eigenvalue weighted by molar-refractivity contribution is 5.81. The van der Waals surface area contributed by atoms with Gasteiger partial charge in [0, 0.05) is 24.9 Å². The van der Waals surface area contributed by atoms with E-state index in [4.69, 9.17) is 4.74 Å². The normalized spacial score (nSPS) is 16.3. The molecule has 2 atom stereocenters. The van der Waals surface area contributed by atoms with Crippen LogP contribution in [0.15, 0.2) is 12.2 Å². The first-order valence-corrected chi connectivity index (χ1v) is 16.1. The molecule has 1 rings (SSSR count). The monoisotopic (exact) mass is 581 g/mol. The van der Waals surface area contributed by atoms with E-state index in [-0.39, 0.29) is 38.1 Å². The Labute approximate surface area is 248 Å². The van der Waals surface area contributed by atoms with Gasteiger partial charge in [-0.3, -0.25) is 19.8 Å². The van der Waals surface area contributed by atoms with Crippen LogP contribution in [0.25, 0.3) is 0 Å². The minimum Gasteiger partial charge on any atom is -0.463 e. The summed E-state index contributed by atoms with van der Waals surface area (Å²) in [5, 5.41) is 19.2. The van der Waals surface area contributed by atoms with Gasteiger partial charge < -0.3 is 19.8 Å². The van der Waals surface area contributed by atoms with Gasteiger partial charge in [-0.2, -0.15) is 0 Å². The quantitative estimate of drug-likeness (QED) is 0.0550. The number of carbonyl (C=O) groups is 3. The molecule has 1 heterocycles. The third-order valence-corrected chi connectivity index (χ3v) is 7.85. The highest BCUT2D eigenvalue weighted by Gasteiger charge is 2.33. The van der Waals surface area contributed by atoms with Crippen LogP contribution in [0.2, 0.25) is 0 Å². The zero-order valence-corrected chi connectivity index (χ0v) is 26.1. The van der Waals surface area contributed by atoms with Crippen molar-refractivity contribution in [2.24, 2.45) is 5.41 Å². The number of nitrogens with zero attached hydrogens (tertiary/aromatic N) is 1. The van der Waals surface area contributed by atoms with E-state index in [1.165, 1.54) is 57.8 Å². The molecule has 0 spiro atoms.